The molecule has 3 nitrogen and oxygen atoms in total. The molecular formula is C16H26N2O. The normalized spacial score (nSPS) is 16.4. The molecular weight excluding hydrogens is 236 g/mol. The van der Waals surface area contributed by atoms with Gasteiger partial charge in [-0.3, -0.25) is 0 Å². The number of benzene rings is 1. The Balaban J connectivity index is 1.85. The van der Waals surface area contributed by atoms with Crippen LogP contribution in [0.3, 0.4) is 0 Å². The SMILES string of the molecule is COc1c(C)cc(NCCC2CCNCC2)cc1C. The predicted molar refractivity (Wildman–Crippen MR) is 81.2 cm³/mol. The molecule has 0 atom stereocenters. The van der Waals surface area contributed by atoms with Crippen molar-refractivity contribution >= 4 is 5.69 Å². The zero-order valence-corrected chi connectivity index (χ0v) is 12.4. The molecule has 3 heteroatoms. The largest absolute Gasteiger partial charge is 0.496 e. The summed E-state index contributed by atoms with van der Waals surface area (Å²) in [7, 11) is 1.74. The molecule has 0 radical (unpaired) electrons. The van der Waals surface area contributed by atoms with Gasteiger partial charge in [-0.2, -0.15) is 0 Å². The van der Waals surface area contributed by atoms with Crippen molar-refractivity contribution in [2.24, 2.45) is 5.92 Å². The average Bonchev–Trinajstić information content (AvgIpc) is 2.40. The quantitative estimate of drug-likeness (QED) is 0.855. The third-order valence-corrected chi connectivity index (χ3v) is 4.00. The maximum atomic E-state index is 5.40. The number of hydrogen-bond acceptors (Lipinski definition) is 3. The summed E-state index contributed by atoms with van der Waals surface area (Å²) >= 11 is 0. The van der Waals surface area contributed by atoms with Gasteiger partial charge in [0.15, 0.2) is 0 Å². The van der Waals surface area contributed by atoms with E-state index in [0.717, 1.165) is 18.2 Å². The van der Waals surface area contributed by atoms with Crippen LogP contribution in [0.1, 0.15) is 30.4 Å². The minimum atomic E-state index is 0.884. The molecule has 0 amide bonds. The molecule has 0 aliphatic carbocycles. The van der Waals surface area contributed by atoms with Crippen molar-refractivity contribution in [1.29, 1.82) is 0 Å². The predicted octanol–water partition coefficient (Wildman–Crippen LogP) is 3.11. The standard InChI is InChI=1S/C16H26N2O/c1-12-10-15(11-13(2)16(12)19-3)18-9-6-14-4-7-17-8-5-14/h10-11,14,17-18H,4-9H2,1-3H3. The molecule has 0 saturated carbocycles. The first-order valence-corrected chi connectivity index (χ1v) is 7.30. The highest BCUT2D eigenvalue weighted by molar-refractivity contribution is 5.55. The Morgan fingerprint density at radius 3 is 2.42 bits per heavy atom. The van der Waals surface area contributed by atoms with Gasteiger partial charge in [0.05, 0.1) is 7.11 Å². The molecule has 19 heavy (non-hydrogen) atoms. The Labute approximate surface area is 116 Å². The molecule has 1 aliphatic rings. The molecule has 0 unspecified atom stereocenters. The number of methoxy groups -OCH3 is 1. The van der Waals surface area contributed by atoms with Crippen LogP contribution in [0.25, 0.3) is 0 Å². The molecule has 0 spiro atoms. The minimum Gasteiger partial charge on any atom is -0.496 e. The van der Waals surface area contributed by atoms with Crippen LogP contribution in [0.5, 0.6) is 5.75 Å². The maximum Gasteiger partial charge on any atom is 0.124 e. The summed E-state index contributed by atoms with van der Waals surface area (Å²) in [6.45, 7) is 7.64. The molecule has 1 aliphatic heterocycles. The van der Waals surface area contributed by atoms with Crippen LogP contribution in [0, 0.1) is 19.8 Å². The number of piperidine rings is 1. The molecule has 106 valence electrons. The lowest BCUT2D eigenvalue weighted by atomic mass is 9.95. The monoisotopic (exact) mass is 262 g/mol. The first-order chi connectivity index (χ1) is 9.20. The van der Waals surface area contributed by atoms with Gasteiger partial charge in [0.1, 0.15) is 5.75 Å². The van der Waals surface area contributed by atoms with Crippen LogP contribution in [0.4, 0.5) is 5.69 Å². The Kier molecular flexibility index (Phi) is 5.08. The van der Waals surface area contributed by atoms with Crippen LogP contribution in [0.2, 0.25) is 0 Å². The fraction of sp³-hybridized carbons (Fsp3) is 0.625. The van der Waals surface area contributed by atoms with Gasteiger partial charge in [-0.15, -0.1) is 0 Å². The molecule has 0 bridgehead atoms. The summed E-state index contributed by atoms with van der Waals surface area (Å²) in [6, 6.07) is 4.35. The number of nitrogens with one attached hydrogen (secondary N) is 2. The highest BCUT2D eigenvalue weighted by atomic mass is 16.5. The molecule has 1 aromatic carbocycles. The summed E-state index contributed by atoms with van der Waals surface area (Å²) in [5, 5.41) is 6.97. The Hall–Kier alpha value is -1.22. The van der Waals surface area contributed by atoms with Gasteiger partial charge < -0.3 is 15.4 Å². The van der Waals surface area contributed by atoms with E-state index in [1.165, 1.54) is 49.2 Å². The Morgan fingerprint density at radius 2 is 1.84 bits per heavy atom. The van der Waals surface area contributed by atoms with Crippen molar-refractivity contribution in [3.05, 3.63) is 23.3 Å². The van der Waals surface area contributed by atoms with Crippen molar-refractivity contribution in [1.82, 2.24) is 5.32 Å². The smallest absolute Gasteiger partial charge is 0.124 e. The molecule has 1 aromatic rings. The lowest BCUT2D eigenvalue weighted by molar-refractivity contribution is 0.361. The lowest BCUT2D eigenvalue weighted by Gasteiger charge is -2.22. The van der Waals surface area contributed by atoms with Crippen molar-refractivity contribution in [3.8, 4) is 5.75 Å². The fourth-order valence-electron chi connectivity index (χ4n) is 2.97. The van der Waals surface area contributed by atoms with Crippen molar-refractivity contribution < 1.29 is 4.74 Å². The van der Waals surface area contributed by atoms with Crippen molar-refractivity contribution in [2.45, 2.75) is 33.1 Å². The number of aryl methyl sites for hydroxylation is 2. The van der Waals surface area contributed by atoms with Crippen molar-refractivity contribution in [2.75, 3.05) is 32.1 Å². The average molecular weight is 262 g/mol. The minimum absolute atomic E-state index is 0.884. The summed E-state index contributed by atoms with van der Waals surface area (Å²) in [5.41, 5.74) is 3.61. The van der Waals surface area contributed by atoms with E-state index in [4.69, 9.17) is 4.74 Å². The first-order valence-electron chi connectivity index (χ1n) is 7.30. The van der Waals surface area contributed by atoms with E-state index in [0.29, 0.717) is 0 Å². The van der Waals surface area contributed by atoms with Crippen LogP contribution < -0.4 is 15.4 Å². The molecule has 1 saturated heterocycles. The maximum absolute atomic E-state index is 5.40. The van der Waals surface area contributed by atoms with Gasteiger partial charge in [-0.1, -0.05) is 0 Å². The van der Waals surface area contributed by atoms with Crippen molar-refractivity contribution in [3.63, 3.8) is 0 Å². The van der Waals surface area contributed by atoms with E-state index in [9.17, 15) is 0 Å². The zero-order chi connectivity index (χ0) is 13.7. The molecule has 0 aromatic heterocycles. The van der Waals surface area contributed by atoms with Gasteiger partial charge in [0.2, 0.25) is 0 Å². The van der Waals surface area contributed by atoms with Crippen LogP contribution >= 0.6 is 0 Å². The topological polar surface area (TPSA) is 33.3 Å². The van der Waals surface area contributed by atoms with E-state index in [-0.39, 0.29) is 0 Å². The number of rotatable bonds is 5. The van der Waals surface area contributed by atoms with Crippen LogP contribution in [0.15, 0.2) is 12.1 Å². The second kappa shape index (κ2) is 6.80. The Morgan fingerprint density at radius 1 is 1.21 bits per heavy atom. The van der Waals surface area contributed by atoms with Crippen LogP contribution in [-0.4, -0.2) is 26.7 Å². The molecule has 1 heterocycles. The highest BCUT2D eigenvalue weighted by Crippen LogP contribution is 2.27. The zero-order valence-electron chi connectivity index (χ0n) is 12.4. The van der Waals surface area contributed by atoms with E-state index in [1.54, 1.807) is 7.11 Å². The van der Waals surface area contributed by atoms with Gasteiger partial charge in [0.25, 0.3) is 0 Å². The molecule has 1 fully saturated rings. The Bertz CT molecular complexity index is 388. The summed E-state index contributed by atoms with van der Waals surface area (Å²) in [6.07, 6.45) is 3.91. The van der Waals surface area contributed by atoms with E-state index in [1.807, 2.05) is 0 Å². The van der Waals surface area contributed by atoms with E-state index in [2.05, 4.69) is 36.6 Å². The second-order valence-electron chi connectivity index (χ2n) is 5.55. The second-order valence-corrected chi connectivity index (χ2v) is 5.55. The van der Waals surface area contributed by atoms with E-state index >= 15 is 0 Å². The number of ether oxygens (including phenoxy) is 1. The summed E-state index contributed by atoms with van der Waals surface area (Å²) < 4.78 is 5.40. The lowest BCUT2D eigenvalue weighted by Crippen LogP contribution is -2.28. The van der Waals surface area contributed by atoms with Gasteiger partial charge in [0, 0.05) is 12.2 Å². The third-order valence-electron chi connectivity index (χ3n) is 4.00. The molecule has 2 N–H and O–H groups in total. The number of hydrogen-bond donors (Lipinski definition) is 2. The van der Waals surface area contributed by atoms with Gasteiger partial charge in [-0.25, -0.2) is 0 Å². The fourth-order valence-corrected chi connectivity index (χ4v) is 2.97. The number of anilines is 1. The summed E-state index contributed by atoms with van der Waals surface area (Å²) in [5.74, 6) is 1.89. The summed E-state index contributed by atoms with van der Waals surface area (Å²) in [4.78, 5) is 0. The van der Waals surface area contributed by atoms with Gasteiger partial charge >= 0.3 is 0 Å². The van der Waals surface area contributed by atoms with Gasteiger partial charge in [-0.05, 0) is 75.4 Å². The molecule has 2 rings (SSSR count). The van der Waals surface area contributed by atoms with E-state index < -0.39 is 0 Å². The highest BCUT2D eigenvalue weighted by Gasteiger charge is 2.12. The first kappa shape index (κ1) is 14.2. The van der Waals surface area contributed by atoms with Crippen LogP contribution in [-0.2, 0) is 0 Å². The third kappa shape index (κ3) is 3.87.